The molecule has 78 valence electrons. The van der Waals surface area contributed by atoms with Crippen molar-refractivity contribution in [1.29, 1.82) is 0 Å². The third-order valence-corrected chi connectivity index (χ3v) is 2.59. The number of aryl methyl sites for hydroxylation is 1. The number of hydrogen-bond donors (Lipinski definition) is 1. The fourth-order valence-corrected chi connectivity index (χ4v) is 1.91. The highest BCUT2D eigenvalue weighted by Crippen LogP contribution is 2.16. The number of hydrogen-bond acceptors (Lipinski definition) is 3. The van der Waals surface area contributed by atoms with Crippen LogP contribution in [0, 0.1) is 0 Å². The number of thiazole rings is 1. The minimum Gasteiger partial charge on any atom is -0.302 e. The first-order valence-corrected chi connectivity index (χ1v) is 5.88. The summed E-state index contributed by atoms with van der Waals surface area (Å²) >= 11 is 1.50. The van der Waals surface area contributed by atoms with Crippen LogP contribution in [-0.4, -0.2) is 10.9 Å². The Morgan fingerprint density at radius 2 is 2.29 bits per heavy atom. The minimum atomic E-state index is 0.0601. The quantitative estimate of drug-likeness (QED) is 0.815. The lowest BCUT2D eigenvalue weighted by Crippen LogP contribution is -2.10. The maximum absolute atomic E-state index is 11.2. The average molecular weight is 212 g/mol. The Hall–Kier alpha value is -0.900. The standard InChI is InChI=1S/C10H16N2OS/c1-3-5-8-7-14-10(11-8)12-9(13)6-4-2/h7H,3-6H2,1-2H3,(H,11,12,13). The van der Waals surface area contributed by atoms with Crippen LogP contribution in [-0.2, 0) is 11.2 Å². The van der Waals surface area contributed by atoms with Gasteiger partial charge in [-0.25, -0.2) is 4.98 Å². The molecule has 4 heteroatoms. The molecule has 1 heterocycles. The number of rotatable bonds is 5. The van der Waals surface area contributed by atoms with Crippen molar-refractivity contribution in [2.75, 3.05) is 5.32 Å². The summed E-state index contributed by atoms with van der Waals surface area (Å²) in [5.41, 5.74) is 1.07. The van der Waals surface area contributed by atoms with E-state index in [-0.39, 0.29) is 5.91 Å². The van der Waals surface area contributed by atoms with Crippen molar-refractivity contribution < 1.29 is 4.79 Å². The van der Waals surface area contributed by atoms with Gasteiger partial charge in [-0.2, -0.15) is 0 Å². The predicted molar refractivity (Wildman–Crippen MR) is 59.6 cm³/mol. The number of anilines is 1. The molecule has 1 rings (SSSR count). The van der Waals surface area contributed by atoms with Crippen molar-refractivity contribution in [3.8, 4) is 0 Å². The van der Waals surface area contributed by atoms with Crippen LogP contribution in [0.15, 0.2) is 5.38 Å². The normalized spacial score (nSPS) is 10.1. The molecule has 0 aliphatic heterocycles. The van der Waals surface area contributed by atoms with E-state index in [1.807, 2.05) is 12.3 Å². The third kappa shape index (κ3) is 3.46. The monoisotopic (exact) mass is 212 g/mol. The minimum absolute atomic E-state index is 0.0601. The molecule has 1 aromatic rings. The summed E-state index contributed by atoms with van der Waals surface area (Å²) in [6, 6.07) is 0. The molecule has 0 radical (unpaired) electrons. The van der Waals surface area contributed by atoms with E-state index in [1.54, 1.807) is 0 Å². The van der Waals surface area contributed by atoms with E-state index in [4.69, 9.17) is 0 Å². The lowest BCUT2D eigenvalue weighted by Gasteiger charge is -1.98. The molecule has 0 aromatic carbocycles. The number of nitrogens with zero attached hydrogens (tertiary/aromatic N) is 1. The third-order valence-electron chi connectivity index (χ3n) is 1.78. The number of nitrogens with one attached hydrogen (secondary N) is 1. The topological polar surface area (TPSA) is 42.0 Å². The fraction of sp³-hybridized carbons (Fsp3) is 0.600. The van der Waals surface area contributed by atoms with Gasteiger partial charge < -0.3 is 5.32 Å². The van der Waals surface area contributed by atoms with Gasteiger partial charge in [-0.15, -0.1) is 11.3 Å². The average Bonchev–Trinajstić information content (AvgIpc) is 2.53. The highest BCUT2D eigenvalue weighted by Gasteiger charge is 2.04. The van der Waals surface area contributed by atoms with Crippen molar-refractivity contribution in [2.24, 2.45) is 0 Å². The predicted octanol–water partition coefficient (Wildman–Crippen LogP) is 2.83. The molecule has 0 unspecified atom stereocenters. The molecule has 0 bridgehead atoms. The lowest BCUT2D eigenvalue weighted by molar-refractivity contribution is -0.116. The summed E-state index contributed by atoms with van der Waals surface area (Å²) < 4.78 is 0. The lowest BCUT2D eigenvalue weighted by atomic mass is 10.3. The van der Waals surface area contributed by atoms with Gasteiger partial charge in [0.05, 0.1) is 5.69 Å². The van der Waals surface area contributed by atoms with E-state index in [2.05, 4.69) is 17.2 Å². The maximum Gasteiger partial charge on any atom is 0.226 e. The van der Waals surface area contributed by atoms with E-state index < -0.39 is 0 Å². The van der Waals surface area contributed by atoms with Crippen LogP contribution in [0.4, 0.5) is 5.13 Å². The van der Waals surface area contributed by atoms with Crippen LogP contribution >= 0.6 is 11.3 Å². The molecule has 0 aliphatic carbocycles. The highest BCUT2D eigenvalue weighted by molar-refractivity contribution is 7.13. The number of carbonyl (C=O) groups is 1. The van der Waals surface area contributed by atoms with Crippen LogP contribution in [0.25, 0.3) is 0 Å². The van der Waals surface area contributed by atoms with Crippen molar-refractivity contribution in [1.82, 2.24) is 4.98 Å². The summed E-state index contributed by atoms with van der Waals surface area (Å²) in [5, 5.41) is 5.52. The van der Waals surface area contributed by atoms with Gasteiger partial charge in [-0.3, -0.25) is 4.79 Å². The fourth-order valence-electron chi connectivity index (χ4n) is 1.14. The van der Waals surface area contributed by atoms with Crippen molar-refractivity contribution in [3.63, 3.8) is 0 Å². The Labute approximate surface area is 88.6 Å². The van der Waals surface area contributed by atoms with Gasteiger partial charge in [0.25, 0.3) is 0 Å². The Kier molecular flexibility index (Phi) is 4.59. The zero-order valence-electron chi connectivity index (χ0n) is 8.67. The molecule has 1 aromatic heterocycles. The SMILES string of the molecule is CCCC(=O)Nc1nc(CCC)cs1. The van der Waals surface area contributed by atoms with E-state index in [1.165, 1.54) is 11.3 Å². The first kappa shape index (κ1) is 11.2. The van der Waals surface area contributed by atoms with E-state index in [0.29, 0.717) is 6.42 Å². The van der Waals surface area contributed by atoms with Gasteiger partial charge >= 0.3 is 0 Å². The second-order valence-electron chi connectivity index (χ2n) is 3.19. The molecule has 14 heavy (non-hydrogen) atoms. The molecule has 1 N–H and O–H groups in total. The molecule has 0 fully saturated rings. The smallest absolute Gasteiger partial charge is 0.226 e. The van der Waals surface area contributed by atoms with Crippen molar-refractivity contribution in [3.05, 3.63) is 11.1 Å². The van der Waals surface area contributed by atoms with Crippen molar-refractivity contribution in [2.45, 2.75) is 39.5 Å². The Morgan fingerprint density at radius 3 is 2.93 bits per heavy atom. The summed E-state index contributed by atoms with van der Waals surface area (Å²) in [4.78, 5) is 15.5. The summed E-state index contributed by atoms with van der Waals surface area (Å²) in [6.45, 7) is 4.11. The number of amides is 1. The summed E-state index contributed by atoms with van der Waals surface area (Å²) in [6.07, 6.45) is 3.52. The van der Waals surface area contributed by atoms with Gasteiger partial charge in [-0.1, -0.05) is 20.3 Å². The second-order valence-corrected chi connectivity index (χ2v) is 4.05. The Bertz CT molecular complexity index is 296. The molecule has 1 amide bonds. The van der Waals surface area contributed by atoms with Crippen LogP contribution in [0.1, 0.15) is 38.8 Å². The first-order valence-electron chi connectivity index (χ1n) is 5.00. The van der Waals surface area contributed by atoms with Crippen LogP contribution < -0.4 is 5.32 Å². The van der Waals surface area contributed by atoms with E-state index >= 15 is 0 Å². The number of aromatic nitrogens is 1. The van der Waals surface area contributed by atoms with E-state index in [0.717, 1.165) is 30.1 Å². The highest BCUT2D eigenvalue weighted by atomic mass is 32.1. The molecule has 0 saturated heterocycles. The van der Waals surface area contributed by atoms with Crippen molar-refractivity contribution >= 4 is 22.4 Å². The molecule has 3 nitrogen and oxygen atoms in total. The van der Waals surface area contributed by atoms with Crippen LogP contribution in [0.5, 0.6) is 0 Å². The van der Waals surface area contributed by atoms with Gasteiger partial charge in [0.15, 0.2) is 5.13 Å². The first-order chi connectivity index (χ1) is 6.76. The van der Waals surface area contributed by atoms with Gasteiger partial charge in [0, 0.05) is 11.8 Å². The molecular formula is C10H16N2OS. The molecule has 0 atom stereocenters. The van der Waals surface area contributed by atoms with E-state index in [9.17, 15) is 4.79 Å². The summed E-state index contributed by atoms with van der Waals surface area (Å²) in [7, 11) is 0. The Morgan fingerprint density at radius 1 is 1.50 bits per heavy atom. The van der Waals surface area contributed by atoms with Crippen LogP contribution in [0.2, 0.25) is 0 Å². The largest absolute Gasteiger partial charge is 0.302 e. The summed E-state index contributed by atoms with van der Waals surface area (Å²) in [5.74, 6) is 0.0601. The number of carbonyl (C=O) groups excluding carboxylic acids is 1. The molecular weight excluding hydrogens is 196 g/mol. The zero-order chi connectivity index (χ0) is 10.4. The molecule has 0 saturated carbocycles. The zero-order valence-corrected chi connectivity index (χ0v) is 9.49. The van der Waals surface area contributed by atoms with Crippen LogP contribution in [0.3, 0.4) is 0 Å². The Balaban J connectivity index is 2.46. The van der Waals surface area contributed by atoms with Gasteiger partial charge in [0.1, 0.15) is 0 Å². The van der Waals surface area contributed by atoms with Gasteiger partial charge in [-0.05, 0) is 12.8 Å². The molecule has 0 aliphatic rings. The second kappa shape index (κ2) is 5.75. The van der Waals surface area contributed by atoms with Gasteiger partial charge in [0.2, 0.25) is 5.91 Å². The maximum atomic E-state index is 11.2. The molecule has 0 spiro atoms.